The molecule has 1 aromatic carbocycles. The topological polar surface area (TPSA) is 136 Å². The van der Waals surface area contributed by atoms with Crippen LogP contribution >= 0.6 is 0 Å². The number of carboxylic acid groups (broad SMARTS) is 1. The van der Waals surface area contributed by atoms with Crippen molar-refractivity contribution < 1.29 is 19.6 Å². The predicted octanol–water partition coefficient (Wildman–Crippen LogP) is 0.688. The Balaban J connectivity index is 3.17. The van der Waals surface area contributed by atoms with E-state index < -0.39 is 22.8 Å². The number of aliphatic carboxylic acids is 1. The number of carbonyl (C=O) groups excluding carboxylic acids is 1. The van der Waals surface area contributed by atoms with Crippen LogP contribution < -0.4 is 11.1 Å². The quantitative estimate of drug-likeness (QED) is 0.417. The van der Waals surface area contributed by atoms with Crippen LogP contribution in [0.5, 0.6) is 0 Å². The molecule has 0 aliphatic heterocycles. The zero-order valence-electron chi connectivity index (χ0n) is 10.3. The molecule has 0 unspecified atom stereocenters. The molecule has 8 nitrogen and oxygen atoms in total. The lowest BCUT2D eigenvalue weighted by atomic mass is 10.1. The molecule has 0 bridgehead atoms. The third kappa shape index (κ3) is 3.18. The Bertz CT molecular complexity index is 556. The van der Waals surface area contributed by atoms with Crippen molar-refractivity contribution in [3.63, 3.8) is 0 Å². The van der Waals surface area contributed by atoms with E-state index in [2.05, 4.69) is 5.32 Å². The van der Waals surface area contributed by atoms with E-state index in [0.717, 1.165) is 0 Å². The lowest BCUT2D eigenvalue weighted by molar-refractivity contribution is -0.384. The summed E-state index contributed by atoms with van der Waals surface area (Å²) in [5, 5.41) is 21.7. The molecular weight excluding hydrogens is 254 g/mol. The van der Waals surface area contributed by atoms with Gasteiger partial charge in [0.2, 0.25) is 0 Å². The van der Waals surface area contributed by atoms with Gasteiger partial charge in [-0.05, 0) is 25.5 Å². The monoisotopic (exact) mass is 267 g/mol. The summed E-state index contributed by atoms with van der Waals surface area (Å²) < 4.78 is 0. The van der Waals surface area contributed by atoms with Gasteiger partial charge < -0.3 is 16.2 Å². The van der Waals surface area contributed by atoms with Crippen LogP contribution in [0.25, 0.3) is 0 Å². The Kier molecular flexibility index (Phi) is 4.05. The Morgan fingerprint density at radius 3 is 2.53 bits per heavy atom. The first-order valence-electron chi connectivity index (χ1n) is 5.32. The number of nitrogens with two attached hydrogens (primary N) is 1. The van der Waals surface area contributed by atoms with Crippen molar-refractivity contribution in [3.8, 4) is 0 Å². The number of hydrogen-bond acceptors (Lipinski definition) is 5. The minimum absolute atomic E-state index is 0.111. The summed E-state index contributed by atoms with van der Waals surface area (Å²) in [6.07, 6.45) is 0. The summed E-state index contributed by atoms with van der Waals surface area (Å²) in [4.78, 5) is 32.6. The second-order valence-electron chi connectivity index (χ2n) is 4.04. The summed E-state index contributed by atoms with van der Waals surface area (Å²) in [6, 6.07) is 1.49. The summed E-state index contributed by atoms with van der Waals surface area (Å²) in [5.74, 6) is -1.98. The molecule has 0 fully saturated rings. The molecule has 8 heteroatoms. The number of carboxylic acids is 1. The van der Waals surface area contributed by atoms with Crippen molar-refractivity contribution in [2.45, 2.75) is 19.9 Å². The number of nitro benzene ring substituents is 1. The molecule has 0 aromatic heterocycles. The van der Waals surface area contributed by atoms with Gasteiger partial charge in [0.1, 0.15) is 11.7 Å². The minimum Gasteiger partial charge on any atom is -0.480 e. The van der Waals surface area contributed by atoms with E-state index in [-0.39, 0.29) is 16.9 Å². The largest absolute Gasteiger partial charge is 0.480 e. The van der Waals surface area contributed by atoms with Crippen molar-refractivity contribution in [2.75, 3.05) is 5.73 Å². The van der Waals surface area contributed by atoms with Gasteiger partial charge in [0.25, 0.3) is 11.6 Å². The molecule has 0 aliphatic rings. The molecule has 1 rings (SSSR count). The lowest BCUT2D eigenvalue weighted by Crippen LogP contribution is -2.38. The molecule has 1 amide bonds. The summed E-state index contributed by atoms with van der Waals surface area (Å²) >= 11 is 0. The zero-order valence-corrected chi connectivity index (χ0v) is 10.3. The number of amides is 1. The van der Waals surface area contributed by atoms with Crippen molar-refractivity contribution >= 4 is 23.3 Å². The average Bonchev–Trinajstić information content (AvgIpc) is 2.30. The number of nitrogen functional groups attached to an aromatic ring is 1. The number of nitrogens with one attached hydrogen (secondary N) is 1. The Morgan fingerprint density at radius 1 is 1.47 bits per heavy atom. The third-order valence-electron chi connectivity index (χ3n) is 2.46. The Hall–Kier alpha value is -2.64. The van der Waals surface area contributed by atoms with Crippen LogP contribution in [0.1, 0.15) is 22.8 Å². The first-order chi connectivity index (χ1) is 8.73. The van der Waals surface area contributed by atoms with Gasteiger partial charge in [0.05, 0.1) is 10.5 Å². The number of anilines is 1. The number of carbonyl (C=O) groups is 2. The van der Waals surface area contributed by atoms with Crippen LogP contribution in [0.4, 0.5) is 11.4 Å². The summed E-state index contributed by atoms with van der Waals surface area (Å²) in [5.41, 5.74) is 5.26. The van der Waals surface area contributed by atoms with Crippen molar-refractivity contribution in [1.29, 1.82) is 0 Å². The van der Waals surface area contributed by atoms with E-state index >= 15 is 0 Å². The van der Waals surface area contributed by atoms with E-state index in [0.29, 0.717) is 5.56 Å². The van der Waals surface area contributed by atoms with Crippen LogP contribution in [0.3, 0.4) is 0 Å². The minimum atomic E-state index is -1.21. The fraction of sp³-hybridized carbons (Fsp3) is 0.273. The molecule has 102 valence electrons. The third-order valence-corrected chi connectivity index (χ3v) is 2.46. The molecule has 0 aliphatic carbocycles. The highest BCUT2D eigenvalue weighted by Gasteiger charge is 2.22. The van der Waals surface area contributed by atoms with Gasteiger partial charge in [0, 0.05) is 6.07 Å². The fourth-order valence-corrected chi connectivity index (χ4v) is 1.45. The number of nitro groups is 1. The maximum atomic E-state index is 11.8. The summed E-state index contributed by atoms with van der Waals surface area (Å²) in [7, 11) is 0. The summed E-state index contributed by atoms with van der Waals surface area (Å²) in [6.45, 7) is 2.85. The SMILES string of the molecule is Cc1cc(C(=O)N[C@@H](C)C(=O)O)c(N)c([N+](=O)[O-])c1. The molecule has 0 heterocycles. The average molecular weight is 267 g/mol. The van der Waals surface area contributed by atoms with Gasteiger partial charge in [-0.1, -0.05) is 0 Å². The van der Waals surface area contributed by atoms with E-state index in [4.69, 9.17) is 10.8 Å². The Morgan fingerprint density at radius 2 is 2.05 bits per heavy atom. The zero-order chi connectivity index (χ0) is 14.7. The van der Waals surface area contributed by atoms with E-state index in [1.54, 1.807) is 6.92 Å². The molecule has 1 aromatic rings. The second-order valence-corrected chi connectivity index (χ2v) is 4.04. The van der Waals surface area contributed by atoms with Crippen molar-refractivity contribution in [2.24, 2.45) is 0 Å². The van der Waals surface area contributed by atoms with Crippen LogP contribution in [0, 0.1) is 17.0 Å². The van der Waals surface area contributed by atoms with Crippen LogP contribution in [0.15, 0.2) is 12.1 Å². The number of rotatable bonds is 4. The van der Waals surface area contributed by atoms with Gasteiger partial charge in [-0.3, -0.25) is 19.7 Å². The van der Waals surface area contributed by atoms with Crippen LogP contribution in [0.2, 0.25) is 0 Å². The molecule has 1 atom stereocenters. The molecule has 0 radical (unpaired) electrons. The fourth-order valence-electron chi connectivity index (χ4n) is 1.45. The van der Waals surface area contributed by atoms with E-state index in [1.807, 2.05) is 0 Å². The number of nitrogens with zero attached hydrogens (tertiary/aromatic N) is 1. The molecule has 4 N–H and O–H groups in total. The van der Waals surface area contributed by atoms with Crippen molar-refractivity contribution in [1.82, 2.24) is 5.32 Å². The molecule has 19 heavy (non-hydrogen) atoms. The highest BCUT2D eigenvalue weighted by Crippen LogP contribution is 2.27. The van der Waals surface area contributed by atoms with Gasteiger partial charge in [-0.15, -0.1) is 0 Å². The highest BCUT2D eigenvalue weighted by molar-refractivity contribution is 6.02. The molecule has 0 spiro atoms. The molecule has 0 saturated carbocycles. The first kappa shape index (κ1) is 14.4. The van der Waals surface area contributed by atoms with E-state index in [9.17, 15) is 19.7 Å². The second kappa shape index (κ2) is 5.34. The number of aryl methyl sites for hydroxylation is 1. The lowest BCUT2D eigenvalue weighted by Gasteiger charge is -2.11. The van der Waals surface area contributed by atoms with Crippen LogP contribution in [-0.4, -0.2) is 27.9 Å². The van der Waals surface area contributed by atoms with Crippen molar-refractivity contribution in [3.05, 3.63) is 33.4 Å². The first-order valence-corrected chi connectivity index (χ1v) is 5.32. The number of hydrogen-bond donors (Lipinski definition) is 3. The van der Waals surface area contributed by atoms with Gasteiger partial charge in [-0.2, -0.15) is 0 Å². The van der Waals surface area contributed by atoms with E-state index in [1.165, 1.54) is 19.1 Å². The van der Waals surface area contributed by atoms with Gasteiger partial charge in [-0.25, -0.2) is 0 Å². The molecule has 0 saturated heterocycles. The van der Waals surface area contributed by atoms with Gasteiger partial charge in [0.15, 0.2) is 0 Å². The highest BCUT2D eigenvalue weighted by atomic mass is 16.6. The standard InChI is InChI=1S/C11H13N3O5/c1-5-3-7(9(12)8(4-5)14(18)19)10(15)13-6(2)11(16)17/h3-4,6H,12H2,1-2H3,(H,13,15)(H,16,17)/t6-/m0/s1. The Labute approximate surface area is 108 Å². The van der Waals surface area contributed by atoms with Crippen LogP contribution in [-0.2, 0) is 4.79 Å². The predicted molar refractivity (Wildman–Crippen MR) is 66.8 cm³/mol. The normalized spacial score (nSPS) is 11.7. The van der Waals surface area contributed by atoms with Gasteiger partial charge >= 0.3 is 5.97 Å². The molecular formula is C11H13N3O5. The maximum absolute atomic E-state index is 11.8. The number of benzene rings is 1. The smallest absolute Gasteiger partial charge is 0.325 e. The maximum Gasteiger partial charge on any atom is 0.325 e.